The van der Waals surface area contributed by atoms with Crippen LogP contribution in [0.5, 0.6) is 0 Å². The van der Waals surface area contributed by atoms with Gasteiger partial charge in [-0.2, -0.15) is 0 Å². The Morgan fingerprint density at radius 3 is 2.37 bits per heavy atom. The number of hydrogen-bond donors (Lipinski definition) is 1. The van der Waals surface area contributed by atoms with Gasteiger partial charge in [-0.05, 0) is 34.9 Å². The second-order valence-corrected chi connectivity index (χ2v) is 6.11. The Kier molecular flexibility index (Phi) is 3.19. The van der Waals surface area contributed by atoms with Crippen LogP contribution >= 0.6 is 15.9 Å². The van der Waals surface area contributed by atoms with Gasteiger partial charge < -0.3 is 5.11 Å². The molecule has 3 heteroatoms. The van der Waals surface area contributed by atoms with Gasteiger partial charge in [-0.1, -0.05) is 40.2 Å². The van der Waals surface area contributed by atoms with E-state index in [0.717, 1.165) is 10.0 Å². The predicted octanol–water partition coefficient (Wildman–Crippen LogP) is 3.66. The van der Waals surface area contributed by atoms with Crippen molar-refractivity contribution in [2.75, 3.05) is 0 Å². The zero-order chi connectivity index (χ0) is 13.5. The van der Waals surface area contributed by atoms with Gasteiger partial charge in [0.1, 0.15) is 5.82 Å². The lowest BCUT2D eigenvalue weighted by Gasteiger charge is -2.23. The van der Waals surface area contributed by atoms with Gasteiger partial charge in [0.15, 0.2) is 0 Å². The monoisotopic (exact) mass is 320 g/mol. The van der Waals surface area contributed by atoms with Crippen molar-refractivity contribution in [1.29, 1.82) is 0 Å². The molecule has 2 aromatic carbocycles. The summed E-state index contributed by atoms with van der Waals surface area (Å²) in [7, 11) is 0. The summed E-state index contributed by atoms with van der Waals surface area (Å²) < 4.78 is 14.2. The Hall–Kier alpha value is -1.19. The number of aliphatic hydroxyl groups is 1. The fourth-order valence-electron chi connectivity index (χ4n) is 2.83. The molecule has 3 rings (SSSR count). The van der Waals surface area contributed by atoms with Crippen LogP contribution in [0.4, 0.5) is 4.39 Å². The van der Waals surface area contributed by atoms with Gasteiger partial charge in [0.05, 0.1) is 5.60 Å². The first-order valence-corrected chi connectivity index (χ1v) is 7.08. The molecular formula is C16H14BrFO. The second kappa shape index (κ2) is 4.73. The molecule has 0 aliphatic heterocycles. The Balaban J connectivity index is 1.87. The Morgan fingerprint density at radius 1 is 1.11 bits per heavy atom. The van der Waals surface area contributed by atoms with Gasteiger partial charge in [0, 0.05) is 23.7 Å². The van der Waals surface area contributed by atoms with Crippen LogP contribution in [0, 0.1) is 5.82 Å². The van der Waals surface area contributed by atoms with Gasteiger partial charge in [-0.25, -0.2) is 4.39 Å². The van der Waals surface area contributed by atoms with Crippen molar-refractivity contribution >= 4 is 15.9 Å². The molecule has 0 saturated carbocycles. The molecule has 1 aliphatic carbocycles. The van der Waals surface area contributed by atoms with Crippen molar-refractivity contribution in [3.63, 3.8) is 0 Å². The second-order valence-electron chi connectivity index (χ2n) is 5.26. The maximum Gasteiger partial charge on any atom is 0.123 e. The minimum absolute atomic E-state index is 0.266. The third kappa shape index (κ3) is 2.58. The molecule has 0 spiro atoms. The normalized spacial score (nSPS) is 16.4. The fourth-order valence-corrected chi connectivity index (χ4v) is 3.22. The molecule has 0 bridgehead atoms. The Morgan fingerprint density at radius 2 is 1.74 bits per heavy atom. The molecule has 1 N–H and O–H groups in total. The maximum atomic E-state index is 13.3. The maximum absolute atomic E-state index is 13.3. The molecule has 0 aromatic heterocycles. The number of halogens is 2. The number of fused-ring (bicyclic) bond motifs is 1. The first kappa shape index (κ1) is 12.8. The topological polar surface area (TPSA) is 20.2 Å². The standard InChI is InChI=1S/C16H14BrFO/c17-15-6-5-14(18)7-13(15)10-16(19)8-11-3-1-2-4-12(11)9-16/h1-7,19H,8-10H2. The van der Waals surface area contributed by atoms with E-state index in [1.807, 2.05) is 24.3 Å². The van der Waals surface area contributed by atoms with Gasteiger partial charge in [0.25, 0.3) is 0 Å². The third-order valence-electron chi connectivity index (χ3n) is 3.68. The van der Waals surface area contributed by atoms with E-state index in [1.165, 1.54) is 23.3 Å². The van der Waals surface area contributed by atoms with Crippen molar-refractivity contribution in [2.24, 2.45) is 0 Å². The highest BCUT2D eigenvalue weighted by atomic mass is 79.9. The minimum Gasteiger partial charge on any atom is -0.389 e. The molecule has 0 atom stereocenters. The van der Waals surface area contributed by atoms with E-state index in [4.69, 9.17) is 0 Å². The molecular weight excluding hydrogens is 307 g/mol. The fraction of sp³-hybridized carbons (Fsp3) is 0.250. The lowest BCUT2D eigenvalue weighted by atomic mass is 9.91. The highest BCUT2D eigenvalue weighted by Crippen LogP contribution is 2.34. The molecule has 19 heavy (non-hydrogen) atoms. The molecule has 1 aliphatic rings. The van der Waals surface area contributed by atoms with E-state index >= 15 is 0 Å². The summed E-state index contributed by atoms with van der Waals surface area (Å²) >= 11 is 3.42. The quantitative estimate of drug-likeness (QED) is 0.895. The summed E-state index contributed by atoms with van der Waals surface area (Å²) in [5.41, 5.74) is 2.39. The van der Waals surface area contributed by atoms with Gasteiger partial charge in [0.2, 0.25) is 0 Å². The SMILES string of the molecule is OC1(Cc2cc(F)ccc2Br)Cc2ccccc2C1. The predicted molar refractivity (Wildman–Crippen MR) is 76.6 cm³/mol. The first-order chi connectivity index (χ1) is 9.06. The van der Waals surface area contributed by atoms with E-state index in [0.29, 0.717) is 19.3 Å². The number of benzene rings is 2. The van der Waals surface area contributed by atoms with Gasteiger partial charge >= 0.3 is 0 Å². The van der Waals surface area contributed by atoms with Crippen LogP contribution in [-0.4, -0.2) is 10.7 Å². The van der Waals surface area contributed by atoms with Crippen LogP contribution in [0.1, 0.15) is 16.7 Å². The van der Waals surface area contributed by atoms with Gasteiger partial charge in [-0.15, -0.1) is 0 Å². The van der Waals surface area contributed by atoms with Crippen LogP contribution in [0.2, 0.25) is 0 Å². The summed E-state index contributed by atoms with van der Waals surface area (Å²) in [6.07, 6.45) is 1.72. The zero-order valence-corrected chi connectivity index (χ0v) is 12.0. The zero-order valence-electron chi connectivity index (χ0n) is 10.4. The summed E-state index contributed by atoms with van der Waals surface area (Å²) in [4.78, 5) is 0. The van der Waals surface area contributed by atoms with Crippen LogP contribution < -0.4 is 0 Å². The van der Waals surface area contributed by atoms with E-state index in [2.05, 4.69) is 15.9 Å². The highest BCUT2D eigenvalue weighted by Gasteiger charge is 2.35. The lowest BCUT2D eigenvalue weighted by molar-refractivity contribution is 0.0516. The molecule has 0 heterocycles. The number of hydrogen-bond acceptors (Lipinski definition) is 1. The van der Waals surface area contributed by atoms with E-state index in [9.17, 15) is 9.50 Å². The van der Waals surface area contributed by atoms with Crippen LogP contribution in [0.3, 0.4) is 0 Å². The molecule has 98 valence electrons. The van der Waals surface area contributed by atoms with Crippen LogP contribution in [0.25, 0.3) is 0 Å². The lowest BCUT2D eigenvalue weighted by Crippen LogP contribution is -2.32. The largest absolute Gasteiger partial charge is 0.389 e. The van der Waals surface area contributed by atoms with Crippen LogP contribution in [0.15, 0.2) is 46.9 Å². The van der Waals surface area contributed by atoms with Crippen LogP contribution in [-0.2, 0) is 19.3 Å². The summed E-state index contributed by atoms with van der Waals surface area (Å²) in [5.74, 6) is -0.266. The van der Waals surface area contributed by atoms with Gasteiger partial charge in [-0.3, -0.25) is 0 Å². The Bertz CT molecular complexity index is 599. The third-order valence-corrected chi connectivity index (χ3v) is 4.46. The molecule has 2 aromatic rings. The highest BCUT2D eigenvalue weighted by molar-refractivity contribution is 9.10. The van der Waals surface area contributed by atoms with Crippen molar-refractivity contribution in [3.8, 4) is 0 Å². The van der Waals surface area contributed by atoms with Crippen molar-refractivity contribution in [1.82, 2.24) is 0 Å². The van der Waals surface area contributed by atoms with Crippen molar-refractivity contribution < 1.29 is 9.50 Å². The molecule has 0 saturated heterocycles. The minimum atomic E-state index is -0.806. The van der Waals surface area contributed by atoms with Crippen molar-refractivity contribution in [2.45, 2.75) is 24.9 Å². The summed E-state index contributed by atoms with van der Waals surface area (Å²) in [5, 5.41) is 10.7. The van der Waals surface area contributed by atoms with E-state index < -0.39 is 5.60 Å². The molecule has 0 radical (unpaired) electrons. The average molecular weight is 321 g/mol. The average Bonchev–Trinajstić information content (AvgIpc) is 2.69. The van der Waals surface area contributed by atoms with E-state index in [1.54, 1.807) is 6.07 Å². The summed E-state index contributed by atoms with van der Waals surface area (Å²) in [6.45, 7) is 0. The molecule has 1 nitrogen and oxygen atoms in total. The van der Waals surface area contributed by atoms with Crippen molar-refractivity contribution in [3.05, 3.63) is 69.4 Å². The smallest absolute Gasteiger partial charge is 0.123 e. The Labute approximate surface area is 120 Å². The number of rotatable bonds is 2. The summed E-state index contributed by atoms with van der Waals surface area (Å²) in [6, 6.07) is 12.7. The molecule has 0 fully saturated rings. The molecule has 0 amide bonds. The van der Waals surface area contributed by atoms with E-state index in [-0.39, 0.29) is 5.82 Å². The first-order valence-electron chi connectivity index (χ1n) is 6.29. The molecule has 0 unspecified atom stereocenters.